The Bertz CT molecular complexity index is 699. The Labute approximate surface area is 166 Å². The van der Waals surface area contributed by atoms with E-state index in [1.165, 1.54) is 31.2 Å². The number of hydrogen-bond acceptors (Lipinski definition) is 4. The van der Waals surface area contributed by atoms with Crippen LogP contribution in [-0.2, 0) is 17.6 Å². The topological polar surface area (TPSA) is 67.4 Å². The van der Waals surface area contributed by atoms with Crippen molar-refractivity contribution in [2.45, 2.75) is 78.2 Å². The molecule has 1 aromatic heterocycles. The number of carbonyl (C=O) groups is 2. The molecule has 3 rings (SSSR count). The van der Waals surface area contributed by atoms with E-state index < -0.39 is 0 Å². The number of anilines is 1. The summed E-state index contributed by atoms with van der Waals surface area (Å²) in [4.78, 5) is 26.2. The molecule has 2 aliphatic rings. The predicted octanol–water partition coefficient (Wildman–Crippen LogP) is 5.14. The number of amides is 2. The van der Waals surface area contributed by atoms with E-state index in [4.69, 9.17) is 4.74 Å². The number of ether oxygens (including phenoxy) is 1. The monoisotopic (exact) mass is 392 g/mol. The summed E-state index contributed by atoms with van der Waals surface area (Å²) >= 11 is 1.54. The number of hydrogen-bond donors (Lipinski definition) is 2. The molecule has 1 heterocycles. The molecule has 1 atom stereocenters. The van der Waals surface area contributed by atoms with Gasteiger partial charge in [0.15, 0.2) is 0 Å². The van der Waals surface area contributed by atoms with Crippen molar-refractivity contribution in [3.05, 3.63) is 16.0 Å². The minimum atomic E-state index is -0.352. The summed E-state index contributed by atoms with van der Waals surface area (Å²) in [5.41, 5.74) is 1.86. The highest BCUT2D eigenvalue weighted by atomic mass is 32.1. The largest absolute Gasteiger partial charge is 0.465 e. The average molecular weight is 393 g/mol. The van der Waals surface area contributed by atoms with Crippen LogP contribution in [0.3, 0.4) is 0 Å². The van der Waals surface area contributed by atoms with Crippen LogP contribution in [0.15, 0.2) is 0 Å². The van der Waals surface area contributed by atoms with Gasteiger partial charge in [-0.1, -0.05) is 40.0 Å². The molecule has 27 heavy (non-hydrogen) atoms. The van der Waals surface area contributed by atoms with Crippen molar-refractivity contribution in [2.75, 3.05) is 12.4 Å². The number of rotatable bonds is 3. The standard InChI is InChI=1S/C21H32N2O3S/c1-21(2,3)13-10-11-15-16(12-13)27-18(17(15)19(24)26-4)23-20(25)22-14-8-6-5-7-9-14/h13-14H,5-12H2,1-4H3,(H2,22,23,25). The molecule has 0 spiro atoms. The summed E-state index contributed by atoms with van der Waals surface area (Å²) in [5, 5.41) is 6.65. The Kier molecular flexibility index (Phi) is 6.14. The molecule has 0 saturated heterocycles. The van der Waals surface area contributed by atoms with Crippen molar-refractivity contribution < 1.29 is 14.3 Å². The average Bonchev–Trinajstić information content (AvgIpc) is 2.97. The van der Waals surface area contributed by atoms with Gasteiger partial charge in [0, 0.05) is 10.9 Å². The van der Waals surface area contributed by atoms with E-state index in [-0.39, 0.29) is 23.5 Å². The lowest BCUT2D eigenvalue weighted by atomic mass is 9.72. The highest BCUT2D eigenvalue weighted by molar-refractivity contribution is 7.17. The second kappa shape index (κ2) is 8.21. The molecular weight excluding hydrogens is 360 g/mol. The molecule has 1 fully saturated rings. The van der Waals surface area contributed by atoms with Crippen LogP contribution in [-0.4, -0.2) is 25.2 Å². The minimum Gasteiger partial charge on any atom is -0.465 e. The van der Waals surface area contributed by atoms with Gasteiger partial charge >= 0.3 is 12.0 Å². The van der Waals surface area contributed by atoms with Crippen molar-refractivity contribution >= 4 is 28.3 Å². The van der Waals surface area contributed by atoms with Crippen LogP contribution < -0.4 is 10.6 Å². The van der Waals surface area contributed by atoms with Gasteiger partial charge in [0.25, 0.3) is 0 Å². The number of nitrogens with one attached hydrogen (secondary N) is 2. The maximum absolute atomic E-state index is 12.5. The molecule has 0 radical (unpaired) electrons. The fourth-order valence-electron chi connectivity index (χ4n) is 4.30. The lowest BCUT2D eigenvalue weighted by Crippen LogP contribution is -2.39. The highest BCUT2D eigenvalue weighted by Crippen LogP contribution is 2.44. The van der Waals surface area contributed by atoms with Gasteiger partial charge in [0.05, 0.1) is 12.7 Å². The highest BCUT2D eigenvalue weighted by Gasteiger charge is 2.34. The predicted molar refractivity (Wildman–Crippen MR) is 110 cm³/mol. The van der Waals surface area contributed by atoms with Crippen molar-refractivity contribution in [2.24, 2.45) is 11.3 Å². The van der Waals surface area contributed by atoms with Gasteiger partial charge in [-0.3, -0.25) is 5.32 Å². The smallest absolute Gasteiger partial charge is 0.341 e. The Morgan fingerprint density at radius 2 is 1.81 bits per heavy atom. The Balaban J connectivity index is 1.79. The van der Waals surface area contributed by atoms with Gasteiger partial charge in [-0.15, -0.1) is 11.3 Å². The first kappa shape index (κ1) is 20.2. The maximum Gasteiger partial charge on any atom is 0.341 e. The molecule has 2 aliphatic carbocycles. The van der Waals surface area contributed by atoms with E-state index in [2.05, 4.69) is 31.4 Å². The van der Waals surface area contributed by atoms with E-state index >= 15 is 0 Å². The van der Waals surface area contributed by atoms with Crippen molar-refractivity contribution in [3.63, 3.8) is 0 Å². The van der Waals surface area contributed by atoms with Gasteiger partial charge < -0.3 is 10.1 Å². The quantitative estimate of drug-likeness (QED) is 0.700. The summed E-state index contributed by atoms with van der Waals surface area (Å²) in [7, 11) is 1.40. The van der Waals surface area contributed by atoms with E-state index in [0.717, 1.165) is 37.7 Å². The summed E-state index contributed by atoms with van der Waals surface area (Å²) in [6.45, 7) is 6.82. The number of methoxy groups -OCH3 is 1. The fraction of sp³-hybridized carbons (Fsp3) is 0.714. The Morgan fingerprint density at radius 3 is 2.44 bits per heavy atom. The molecular formula is C21H32N2O3S. The molecule has 1 saturated carbocycles. The third-order valence-corrected chi connectivity index (χ3v) is 7.22. The Hall–Kier alpha value is -1.56. The van der Waals surface area contributed by atoms with E-state index in [9.17, 15) is 9.59 Å². The summed E-state index contributed by atoms with van der Waals surface area (Å²) in [6.07, 6.45) is 8.53. The SMILES string of the molecule is COC(=O)c1c(NC(=O)NC2CCCCC2)sc2c1CCC(C(C)(C)C)C2. The number of fused-ring (bicyclic) bond motifs is 1. The zero-order valence-electron chi connectivity index (χ0n) is 16.9. The van der Waals surface area contributed by atoms with Crippen LogP contribution in [0.2, 0.25) is 0 Å². The second-order valence-electron chi connectivity index (χ2n) is 8.94. The van der Waals surface area contributed by atoms with Gasteiger partial charge in [0.2, 0.25) is 0 Å². The third kappa shape index (κ3) is 4.65. The lowest BCUT2D eigenvalue weighted by Gasteiger charge is -2.33. The summed E-state index contributed by atoms with van der Waals surface area (Å²) < 4.78 is 5.02. The number of thiophene rings is 1. The van der Waals surface area contributed by atoms with Gasteiger partial charge in [0.1, 0.15) is 5.00 Å². The maximum atomic E-state index is 12.5. The van der Waals surface area contributed by atoms with Crippen LogP contribution in [0.25, 0.3) is 0 Å². The summed E-state index contributed by atoms with van der Waals surface area (Å²) in [5.74, 6) is 0.229. The van der Waals surface area contributed by atoms with Crippen molar-refractivity contribution in [3.8, 4) is 0 Å². The molecule has 0 aromatic carbocycles. The molecule has 150 valence electrons. The fourth-order valence-corrected chi connectivity index (χ4v) is 5.61. The number of carbonyl (C=O) groups excluding carboxylic acids is 2. The Morgan fingerprint density at radius 1 is 1.11 bits per heavy atom. The molecule has 0 aliphatic heterocycles. The van der Waals surface area contributed by atoms with Crippen LogP contribution in [0.5, 0.6) is 0 Å². The zero-order chi connectivity index (χ0) is 19.6. The van der Waals surface area contributed by atoms with Gasteiger partial charge in [-0.05, 0) is 49.0 Å². The molecule has 0 bridgehead atoms. The molecule has 5 nitrogen and oxygen atoms in total. The first-order valence-electron chi connectivity index (χ1n) is 10.1. The van der Waals surface area contributed by atoms with E-state index in [0.29, 0.717) is 16.5 Å². The lowest BCUT2D eigenvalue weighted by molar-refractivity contribution is 0.0600. The molecule has 1 aromatic rings. The second-order valence-corrected chi connectivity index (χ2v) is 10.0. The van der Waals surface area contributed by atoms with E-state index in [1.807, 2.05) is 0 Å². The molecule has 2 N–H and O–H groups in total. The zero-order valence-corrected chi connectivity index (χ0v) is 17.8. The van der Waals surface area contributed by atoms with Crippen LogP contribution in [0, 0.1) is 11.3 Å². The number of esters is 1. The third-order valence-electron chi connectivity index (χ3n) is 6.05. The summed E-state index contributed by atoms with van der Waals surface area (Å²) in [6, 6.07) is 0.0261. The first-order valence-corrected chi connectivity index (χ1v) is 10.9. The normalized spacial score (nSPS) is 20.7. The number of urea groups is 1. The van der Waals surface area contributed by atoms with Crippen molar-refractivity contribution in [1.82, 2.24) is 5.32 Å². The van der Waals surface area contributed by atoms with E-state index in [1.54, 1.807) is 11.3 Å². The van der Waals surface area contributed by atoms with Crippen molar-refractivity contribution in [1.29, 1.82) is 0 Å². The molecule has 2 amide bonds. The van der Waals surface area contributed by atoms with Gasteiger partial charge in [-0.25, -0.2) is 9.59 Å². The molecule has 6 heteroatoms. The molecule has 1 unspecified atom stereocenters. The minimum absolute atomic E-state index is 0.210. The van der Waals surface area contributed by atoms with Crippen LogP contribution >= 0.6 is 11.3 Å². The van der Waals surface area contributed by atoms with Crippen LogP contribution in [0.4, 0.5) is 9.80 Å². The van der Waals surface area contributed by atoms with Crippen LogP contribution in [0.1, 0.15) is 80.1 Å². The van der Waals surface area contributed by atoms with Gasteiger partial charge in [-0.2, -0.15) is 0 Å². The first-order chi connectivity index (χ1) is 12.8.